The molecule has 0 aromatic heterocycles. The predicted molar refractivity (Wildman–Crippen MR) is 131 cm³/mol. The summed E-state index contributed by atoms with van der Waals surface area (Å²) in [5.41, 5.74) is 0.562. The predicted octanol–water partition coefficient (Wildman–Crippen LogP) is 3.49. The zero-order valence-electron chi connectivity index (χ0n) is 20.5. The molecular weight excluding hydrogens is 428 g/mol. The van der Waals surface area contributed by atoms with E-state index in [1.807, 2.05) is 30.0 Å². The number of rotatable bonds is 5. The Labute approximate surface area is 203 Å². The van der Waals surface area contributed by atoms with Crippen LogP contribution >= 0.6 is 0 Å². The highest BCUT2D eigenvalue weighted by atomic mass is 16.2. The van der Waals surface area contributed by atoms with E-state index in [-0.39, 0.29) is 17.7 Å². The fourth-order valence-corrected chi connectivity index (χ4v) is 6.46. The molecule has 4 aliphatic heterocycles. The number of hydrogen-bond donors (Lipinski definition) is 0. The third-order valence-corrected chi connectivity index (χ3v) is 8.48. The molecule has 0 bridgehead atoms. The molecule has 5 rings (SSSR count). The fraction of sp³-hybridized carbons (Fsp3) is 0.667. The van der Waals surface area contributed by atoms with E-state index >= 15 is 0 Å². The SMILES string of the molecule is CC12CCC(=O)N1c1ccccc1C(=O)N2CCC(=O)N1CCC(CN2CCCCCC2)CC1. The van der Waals surface area contributed by atoms with Crippen LogP contribution in [-0.2, 0) is 9.59 Å². The Kier molecular flexibility index (Phi) is 6.65. The molecule has 7 nitrogen and oxygen atoms in total. The van der Waals surface area contributed by atoms with Crippen LogP contribution in [0.1, 0.15) is 75.1 Å². The third kappa shape index (κ3) is 4.35. The zero-order valence-corrected chi connectivity index (χ0v) is 20.5. The van der Waals surface area contributed by atoms with Gasteiger partial charge in [-0.1, -0.05) is 25.0 Å². The minimum Gasteiger partial charge on any atom is -0.343 e. The summed E-state index contributed by atoms with van der Waals surface area (Å²) < 4.78 is 0. The molecule has 1 aromatic carbocycles. The maximum atomic E-state index is 13.4. The highest BCUT2D eigenvalue weighted by Gasteiger charge is 2.52. The Balaban J connectivity index is 1.18. The first-order chi connectivity index (χ1) is 16.5. The molecule has 0 saturated carbocycles. The van der Waals surface area contributed by atoms with Crippen LogP contribution in [0.25, 0.3) is 0 Å². The Morgan fingerprint density at radius 3 is 2.44 bits per heavy atom. The zero-order chi connectivity index (χ0) is 23.7. The summed E-state index contributed by atoms with van der Waals surface area (Å²) in [6.45, 7) is 7.57. The number of para-hydroxylation sites is 1. The lowest BCUT2D eigenvalue weighted by Crippen LogP contribution is -2.62. The van der Waals surface area contributed by atoms with E-state index in [0.29, 0.717) is 43.0 Å². The van der Waals surface area contributed by atoms with Gasteiger partial charge in [0.2, 0.25) is 11.8 Å². The van der Waals surface area contributed by atoms with Gasteiger partial charge in [-0.15, -0.1) is 0 Å². The summed E-state index contributed by atoms with van der Waals surface area (Å²) in [5, 5.41) is 0. The van der Waals surface area contributed by atoms with Crippen LogP contribution in [0.2, 0.25) is 0 Å². The third-order valence-electron chi connectivity index (χ3n) is 8.48. The van der Waals surface area contributed by atoms with Crippen molar-refractivity contribution in [2.45, 2.75) is 70.4 Å². The summed E-state index contributed by atoms with van der Waals surface area (Å²) in [6, 6.07) is 7.34. The number of carbonyl (C=O) groups excluding carboxylic acids is 3. The molecule has 0 spiro atoms. The quantitative estimate of drug-likeness (QED) is 0.666. The largest absolute Gasteiger partial charge is 0.343 e. The molecule has 7 heteroatoms. The van der Waals surface area contributed by atoms with Crippen LogP contribution in [0.3, 0.4) is 0 Å². The number of likely N-dealkylation sites (tertiary alicyclic amines) is 2. The van der Waals surface area contributed by atoms with Gasteiger partial charge in [0.15, 0.2) is 0 Å². The monoisotopic (exact) mass is 466 g/mol. The summed E-state index contributed by atoms with van der Waals surface area (Å²) in [4.78, 5) is 47.3. The summed E-state index contributed by atoms with van der Waals surface area (Å²) >= 11 is 0. The van der Waals surface area contributed by atoms with Crippen molar-refractivity contribution >= 4 is 23.4 Å². The van der Waals surface area contributed by atoms with Gasteiger partial charge < -0.3 is 14.7 Å². The highest BCUT2D eigenvalue weighted by molar-refractivity contribution is 6.10. The van der Waals surface area contributed by atoms with Gasteiger partial charge in [0.1, 0.15) is 5.66 Å². The second kappa shape index (κ2) is 9.68. The summed E-state index contributed by atoms with van der Waals surface area (Å²) in [5.74, 6) is 0.775. The topological polar surface area (TPSA) is 64.2 Å². The van der Waals surface area contributed by atoms with Crippen LogP contribution in [0, 0.1) is 5.92 Å². The number of amides is 3. The Morgan fingerprint density at radius 2 is 1.71 bits per heavy atom. The van der Waals surface area contributed by atoms with Crippen molar-refractivity contribution in [2.24, 2.45) is 5.92 Å². The van der Waals surface area contributed by atoms with E-state index in [1.54, 1.807) is 15.9 Å². The van der Waals surface area contributed by atoms with Gasteiger partial charge in [-0.2, -0.15) is 0 Å². The molecule has 1 aromatic rings. The number of piperidine rings is 1. The van der Waals surface area contributed by atoms with E-state index in [2.05, 4.69) is 4.90 Å². The summed E-state index contributed by atoms with van der Waals surface area (Å²) in [7, 11) is 0. The molecule has 3 fully saturated rings. The maximum absolute atomic E-state index is 13.4. The first-order valence-corrected chi connectivity index (χ1v) is 13.2. The van der Waals surface area contributed by atoms with Gasteiger partial charge in [0.25, 0.3) is 5.91 Å². The molecule has 0 aliphatic carbocycles. The van der Waals surface area contributed by atoms with Crippen molar-refractivity contribution in [1.29, 1.82) is 0 Å². The van der Waals surface area contributed by atoms with Crippen molar-refractivity contribution in [2.75, 3.05) is 44.2 Å². The number of benzene rings is 1. The lowest BCUT2D eigenvalue weighted by atomic mass is 9.95. The molecule has 184 valence electrons. The molecule has 1 unspecified atom stereocenters. The first-order valence-electron chi connectivity index (χ1n) is 13.2. The molecule has 3 saturated heterocycles. The maximum Gasteiger partial charge on any atom is 0.257 e. The minimum absolute atomic E-state index is 0.0465. The molecule has 34 heavy (non-hydrogen) atoms. The number of hydrogen-bond acceptors (Lipinski definition) is 4. The molecule has 3 amide bonds. The minimum atomic E-state index is -0.692. The molecule has 0 radical (unpaired) electrons. The molecule has 0 N–H and O–H groups in total. The van der Waals surface area contributed by atoms with Gasteiger partial charge in [0, 0.05) is 39.0 Å². The average molecular weight is 467 g/mol. The van der Waals surface area contributed by atoms with Crippen molar-refractivity contribution < 1.29 is 14.4 Å². The van der Waals surface area contributed by atoms with Gasteiger partial charge >= 0.3 is 0 Å². The smallest absolute Gasteiger partial charge is 0.257 e. The second-order valence-corrected chi connectivity index (χ2v) is 10.7. The summed E-state index contributed by atoms with van der Waals surface area (Å²) in [6.07, 6.45) is 8.82. The lowest BCUT2D eigenvalue weighted by Gasteiger charge is -2.48. The Hall–Kier alpha value is -2.41. The van der Waals surface area contributed by atoms with E-state index < -0.39 is 5.66 Å². The highest BCUT2D eigenvalue weighted by Crippen LogP contribution is 2.44. The number of fused-ring (bicyclic) bond motifs is 3. The Bertz CT molecular complexity index is 934. The second-order valence-electron chi connectivity index (χ2n) is 10.7. The van der Waals surface area contributed by atoms with Gasteiger partial charge in [0.05, 0.1) is 11.3 Å². The first kappa shape index (κ1) is 23.3. The van der Waals surface area contributed by atoms with E-state index in [9.17, 15) is 14.4 Å². The van der Waals surface area contributed by atoms with Gasteiger partial charge in [-0.3, -0.25) is 19.3 Å². The van der Waals surface area contributed by atoms with Crippen LogP contribution in [0.5, 0.6) is 0 Å². The molecule has 1 atom stereocenters. The number of carbonyl (C=O) groups is 3. The van der Waals surface area contributed by atoms with E-state index in [0.717, 1.165) is 25.9 Å². The molecule has 4 heterocycles. The van der Waals surface area contributed by atoms with Crippen molar-refractivity contribution in [3.63, 3.8) is 0 Å². The van der Waals surface area contributed by atoms with Crippen LogP contribution in [-0.4, -0.2) is 77.4 Å². The number of nitrogens with zero attached hydrogens (tertiary/aromatic N) is 4. The van der Waals surface area contributed by atoms with Crippen molar-refractivity contribution in [1.82, 2.24) is 14.7 Å². The molecular formula is C27H38N4O3. The standard InChI is InChI=1S/C27H38N4O3/c1-27-14-10-25(33)31(27)23-9-5-4-8-22(23)26(34)30(27)19-13-24(32)29-17-11-21(12-18-29)20-28-15-6-2-3-7-16-28/h4-5,8-9,21H,2-3,6-7,10-20H2,1H3. The van der Waals surface area contributed by atoms with E-state index in [4.69, 9.17) is 0 Å². The normalized spacial score (nSPS) is 26.4. The van der Waals surface area contributed by atoms with Crippen LogP contribution in [0.15, 0.2) is 24.3 Å². The van der Waals surface area contributed by atoms with Crippen molar-refractivity contribution in [3.05, 3.63) is 29.8 Å². The van der Waals surface area contributed by atoms with Crippen LogP contribution in [0.4, 0.5) is 5.69 Å². The average Bonchev–Trinajstić information content (AvgIpc) is 3.00. The van der Waals surface area contributed by atoms with Gasteiger partial charge in [-0.25, -0.2) is 0 Å². The fourth-order valence-electron chi connectivity index (χ4n) is 6.46. The lowest BCUT2D eigenvalue weighted by molar-refractivity contribution is -0.133. The van der Waals surface area contributed by atoms with Crippen molar-refractivity contribution in [3.8, 4) is 0 Å². The van der Waals surface area contributed by atoms with E-state index in [1.165, 1.54) is 45.3 Å². The Morgan fingerprint density at radius 1 is 1.00 bits per heavy atom. The molecule has 4 aliphatic rings. The van der Waals surface area contributed by atoms with Gasteiger partial charge in [-0.05, 0) is 70.2 Å². The number of anilines is 1. The van der Waals surface area contributed by atoms with Crippen LogP contribution < -0.4 is 4.90 Å².